The van der Waals surface area contributed by atoms with Crippen molar-refractivity contribution in [3.05, 3.63) is 0 Å². The highest BCUT2D eigenvalue weighted by molar-refractivity contribution is 7.89. The van der Waals surface area contributed by atoms with E-state index in [0.717, 1.165) is 0 Å². The molecule has 1 unspecified atom stereocenters. The van der Waals surface area contributed by atoms with E-state index in [1.165, 1.54) is 7.11 Å². The fourth-order valence-electron chi connectivity index (χ4n) is 2.37. The van der Waals surface area contributed by atoms with Gasteiger partial charge in [-0.05, 0) is 5.92 Å². The summed E-state index contributed by atoms with van der Waals surface area (Å²) in [4.78, 5) is 10.9. The number of nitrogens with zero attached hydrogens (tertiary/aromatic N) is 1. The smallest absolute Gasteiger partial charge is 0.393 e. The maximum atomic E-state index is 12.8. The Labute approximate surface area is 120 Å². The number of methoxy groups -OCH3 is 1. The van der Waals surface area contributed by atoms with Gasteiger partial charge in [-0.3, -0.25) is 4.79 Å². The van der Waals surface area contributed by atoms with Crippen LogP contribution in [0.3, 0.4) is 0 Å². The lowest BCUT2D eigenvalue weighted by atomic mass is 9.96. The molecule has 124 valence electrons. The molecule has 0 aliphatic carbocycles. The average Bonchev–Trinajstić information content (AvgIpc) is 2.73. The van der Waals surface area contributed by atoms with Crippen LogP contribution in [0.4, 0.5) is 13.2 Å². The Morgan fingerprint density at radius 1 is 1.43 bits per heavy atom. The summed E-state index contributed by atoms with van der Waals surface area (Å²) in [5.74, 6) is -6.36. The molecule has 1 aliphatic rings. The molecule has 0 radical (unpaired) electrons. The van der Waals surface area contributed by atoms with Gasteiger partial charge in [-0.25, -0.2) is 12.7 Å². The van der Waals surface area contributed by atoms with Gasteiger partial charge in [0.05, 0.1) is 17.6 Å². The number of sulfonamides is 1. The molecular weight excluding hydrogens is 315 g/mol. The standard InChI is InChI=1S/C11H18F3NO5S/c1-7(5-20-2)6-21(18,19)15-3-8(10(16)17)9(4-15)11(12,13)14/h7-9H,3-6H2,1-2H3,(H,16,17)/t7?,8-,9-/m1/s1. The minimum atomic E-state index is -4.74. The summed E-state index contributed by atoms with van der Waals surface area (Å²) in [7, 11) is -2.56. The molecule has 1 aliphatic heterocycles. The van der Waals surface area contributed by atoms with Gasteiger partial charge in [-0.1, -0.05) is 6.92 Å². The Morgan fingerprint density at radius 2 is 2.00 bits per heavy atom. The van der Waals surface area contributed by atoms with E-state index in [4.69, 9.17) is 9.84 Å². The summed E-state index contributed by atoms with van der Waals surface area (Å²) in [6.45, 7) is 0.245. The molecule has 0 spiro atoms. The number of aliphatic carboxylic acids is 1. The largest absolute Gasteiger partial charge is 0.481 e. The molecule has 1 N–H and O–H groups in total. The number of halogens is 3. The first kappa shape index (κ1) is 18.2. The highest BCUT2D eigenvalue weighted by Gasteiger charge is 2.54. The van der Waals surface area contributed by atoms with Crippen LogP contribution in [-0.4, -0.2) is 62.5 Å². The van der Waals surface area contributed by atoms with Crippen LogP contribution in [0.5, 0.6) is 0 Å². The molecule has 0 bridgehead atoms. The molecular formula is C11H18F3NO5S. The lowest BCUT2D eigenvalue weighted by Gasteiger charge is -2.19. The first-order chi connectivity index (χ1) is 9.49. The number of carboxylic acid groups (broad SMARTS) is 1. The maximum absolute atomic E-state index is 12.8. The molecule has 1 rings (SSSR count). The molecule has 0 aromatic carbocycles. The Balaban J connectivity index is 2.88. The minimum Gasteiger partial charge on any atom is -0.481 e. The van der Waals surface area contributed by atoms with Crippen LogP contribution >= 0.6 is 0 Å². The normalized spacial score (nSPS) is 26.0. The van der Waals surface area contributed by atoms with Crippen LogP contribution in [0.15, 0.2) is 0 Å². The van der Waals surface area contributed by atoms with E-state index in [1.807, 2.05) is 0 Å². The van der Waals surface area contributed by atoms with Crippen molar-refractivity contribution in [2.75, 3.05) is 32.6 Å². The van der Waals surface area contributed by atoms with Gasteiger partial charge in [-0.2, -0.15) is 13.2 Å². The van der Waals surface area contributed by atoms with E-state index in [1.54, 1.807) is 6.92 Å². The molecule has 6 nitrogen and oxygen atoms in total. The lowest BCUT2D eigenvalue weighted by molar-refractivity contribution is -0.187. The van der Waals surface area contributed by atoms with Gasteiger partial charge in [0.15, 0.2) is 0 Å². The molecule has 21 heavy (non-hydrogen) atoms. The van der Waals surface area contributed by atoms with Crippen molar-refractivity contribution >= 4 is 16.0 Å². The number of rotatable bonds is 6. The highest BCUT2D eigenvalue weighted by Crippen LogP contribution is 2.38. The number of hydrogen-bond donors (Lipinski definition) is 1. The third kappa shape index (κ3) is 4.55. The van der Waals surface area contributed by atoms with Crippen molar-refractivity contribution in [1.82, 2.24) is 4.31 Å². The minimum absolute atomic E-state index is 0.151. The van der Waals surface area contributed by atoms with E-state index in [-0.39, 0.29) is 12.4 Å². The Bertz CT molecular complexity index is 479. The van der Waals surface area contributed by atoms with Gasteiger partial charge in [-0.15, -0.1) is 0 Å². The molecule has 0 amide bonds. The van der Waals surface area contributed by atoms with Gasteiger partial charge in [0.1, 0.15) is 0 Å². The second-order valence-electron chi connectivity index (χ2n) is 5.25. The summed E-state index contributed by atoms with van der Waals surface area (Å²) in [5.41, 5.74) is 0. The van der Waals surface area contributed by atoms with Gasteiger partial charge in [0, 0.05) is 26.8 Å². The topological polar surface area (TPSA) is 83.9 Å². The maximum Gasteiger partial charge on any atom is 0.393 e. The van der Waals surface area contributed by atoms with Crippen LogP contribution < -0.4 is 0 Å². The fourth-order valence-corrected chi connectivity index (χ4v) is 4.18. The van der Waals surface area contributed by atoms with Crippen LogP contribution in [0.25, 0.3) is 0 Å². The quantitative estimate of drug-likeness (QED) is 0.777. The summed E-state index contributed by atoms with van der Waals surface area (Å²) < 4.78 is 68.0. The zero-order valence-electron chi connectivity index (χ0n) is 11.6. The molecule has 3 atom stereocenters. The molecule has 0 aromatic rings. The van der Waals surface area contributed by atoms with Crippen LogP contribution in [-0.2, 0) is 19.6 Å². The zero-order valence-corrected chi connectivity index (χ0v) is 12.4. The van der Waals surface area contributed by atoms with Gasteiger partial charge >= 0.3 is 12.1 Å². The van der Waals surface area contributed by atoms with Crippen molar-refractivity contribution < 1.29 is 36.2 Å². The molecule has 10 heteroatoms. The van der Waals surface area contributed by atoms with Gasteiger partial charge in [0.2, 0.25) is 10.0 Å². The first-order valence-electron chi connectivity index (χ1n) is 6.25. The van der Waals surface area contributed by atoms with Crippen molar-refractivity contribution in [2.24, 2.45) is 17.8 Å². The monoisotopic (exact) mass is 333 g/mol. The summed E-state index contributed by atoms with van der Waals surface area (Å²) in [5, 5.41) is 8.86. The second-order valence-corrected chi connectivity index (χ2v) is 7.26. The highest BCUT2D eigenvalue weighted by atomic mass is 32.2. The second kappa shape index (κ2) is 6.49. The molecule has 1 fully saturated rings. The number of carbonyl (C=O) groups is 1. The van der Waals surface area contributed by atoms with Crippen molar-refractivity contribution in [3.63, 3.8) is 0 Å². The SMILES string of the molecule is COCC(C)CS(=O)(=O)N1C[C@@H](C(F)(F)F)[C@H](C(=O)O)C1. The third-order valence-electron chi connectivity index (χ3n) is 3.36. The zero-order chi connectivity index (χ0) is 16.4. The van der Waals surface area contributed by atoms with E-state index in [9.17, 15) is 26.4 Å². The predicted molar refractivity (Wildman–Crippen MR) is 67.1 cm³/mol. The molecule has 0 saturated carbocycles. The van der Waals surface area contributed by atoms with E-state index >= 15 is 0 Å². The molecule has 1 heterocycles. The number of hydrogen-bond acceptors (Lipinski definition) is 4. The van der Waals surface area contributed by atoms with Crippen molar-refractivity contribution in [3.8, 4) is 0 Å². The van der Waals surface area contributed by atoms with Crippen LogP contribution in [0.1, 0.15) is 6.92 Å². The van der Waals surface area contributed by atoms with E-state index < -0.39 is 53.0 Å². The molecule has 0 aromatic heterocycles. The average molecular weight is 333 g/mol. The van der Waals surface area contributed by atoms with Crippen molar-refractivity contribution in [2.45, 2.75) is 13.1 Å². The predicted octanol–water partition coefficient (Wildman–Crippen LogP) is 0.794. The number of ether oxygens (including phenoxy) is 1. The number of carboxylic acids is 1. The summed E-state index contributed by atoms with van der Waals surface area (Å²) in [6.07, 6.45) is -4.74. The van der Waals surface area contributed by atoms with Gasteiger partial charge < -0.3 is 9.84 Å². The summed E-state index contributed by atoms with van der Waals surface area (Å²) in [6, 6.07) is 0. The molecule has 1 saturated heterocycles. The number of alkyl halides is 3. The van der Waals surface area contributed by atoms with E-state index in [0.29, 0.717) is 4.31 Å². The lowest BCUT2D eigenvalue weighted by Crippen LogP contribution is -2.35. The Kier molecular flexibility index (Phi) is 5.62. The Morgan fingerprint density at radius 3 is 2.38 bits per heavy atom. The van der Waals surface area contributed by atoms with E-state index in [2.05, 4.69) is 0 Å². The summed E-state index contributed by atoms with van der Waals surface area (Å²) >= 11 is 0. The van der Waals surface area contributed by atoms with Crippen LogP contribution in [0, 0.1) is 17.8 Å². The van der Waals surface area contributed by atoms with Crippen molar-refractivity contribution in [1.29, 1.82) is 0 Å². The third-order valence-corrected chi connectivity index (χ3v) is 5.44. The Hall–Kier alpha value is -0.870. The fraction of sp³-hybridized carbons (Fsp3) is 0.909. The first-order valence-corrected chi connectivity index (χ1v) is 7.86. The van der Waals surface area contributed by atoms with Crippen LogP contribution in [0.2, 0.25) is 0 Å². The van der Waals surface area contributed by atoms with Gasteiger partial charge in [0.25, 0.3) is 0 Å².